The van der Waals surface area contributed by atoms with Crippen molar-refractivity contribution in [2.75, 3.05) is 6.61 Å². The molecular formula is C17H19N5O2. The van der Waals surface area contributed by atoms with Crippen LogP contribution < -0.4 is 4.74 Å². The smallest absolute Gasteiger partial charge is 0.206 e. The number of aryl methyl sites for hydroxylation is 2. The van der Waals surface area contributed by atoms with E-state index in [2.05, 4.69) is 20.4 Å². The van der Waals surface area contributed by atoms with E-state index >= 15 is 0 Å². The average Bonchev–Trinajstić information content (AvgIpc) is 3.05. The Morgan fingerprint density at radius 3 is 2.92 bits per heavy atom. The van der Waals surface area contributed by atoms with Gasteiger partial charge < -0.3 is 9.84 Å². The maximum Gasteiger partial charge on any atom is 0.206 e. The van der Waals surface area contributed by atoms with Gasteiger partial charge in [0.15, 0.2) is 0 Å². The molecule has 0 spiro atoms. The van der Waals surface area contributed by atoms with Gasteiger partial charge in [0, 0.05) is 18.0 Å². The van der Waals surface area contributed by atoms with Crippen molar-refractivity contribution in [3.8, 4) is 17.1 Å². The van der Waals surface area contributed by atoms with Crippen LogP contribution in [0.2, 0.25) is 0 Å². The fraction of sp³-hybridized carbons (Fsp3) is 0.294. The van der Waals surface area contributed by atoms with Crippen LogP contribution in [-0.2, 0) is 6.54 Å². The van der Waals surface area contributed by atoms with Gasteiger partial charge in [-0.05, 0) is 48.4 Å². The summed E-state index contributed by atoms with van der Waals surface area (Å²) >= 11 is 0. The quantitative estimate of drug-likeness (QED) is 0.743. The van der Waals surface area contributed by atoms with Gasteiger partial charge in [0.25, 0.3) is 0 Å². The van der Waals surface area contributed by atoms with E-state index < -0.39 is 6.10 Å². The minimum atomic E-state index is -0.735. The van der Waals surface area contributed by atoms with Gasteiger partial charge in [-0.3, -0.25) is 4.98 Å². The van der Waals surface area contributed by atoms with Gasteiger partial charge in [-0.1, -0.05) is 12.1 Å². The Labute approximate surface area is 139 Å². The van der Waals surface area contributed by atoms with Gasteiger partial charge in [0.05, 0.1) is 6.54 Å². The number of hydrogen-bond donors (Lipinski definition) is 1. The minimum absolute atomic E-state index is 0.161. The van der Waals surface area contributed by atoms with Gasteiger partial charge in [0.1, 0.15) is 18.5 Å². The van der Waals surface area contributed by atoms with Gasteiger partial charge in [0.2, 0.25) is 5.82 Å². The zero-order chi connectivity index (χ0) is 16.9. The maximum atomic E-state index is 10.1. The molecule has 1 atom stereocenters. The number of aliphatic hydroxyl groups is 1. The predicted molar refractivity (Wildman–Crippen MR) is 88.5 cm³/mol. The van der Waals surface area contributed by atoms with E-state index in [4.69, 9.17) is 4.74 Å². The molecular weight excluding hydrogens is 306 g/mol. The standard InChI is InChI=1S/C17H19N5O2/c1-12-5-6-13(2)16(8-12)24-11-15(23)10-22-20-17(19-21-22)14-4-3-7-18-9-14/h3-9,15,23H,10-11H2,1-2H3/t15-/m0/s1. The van der Waals surface area contributed by atoms with Crippen LogP contribution in [0, 0.1) is 13.8 Å². The highest BCUT2D eigenvalue weighted by Gasteiger charge is 2.12. The second-order valence-corrected chi connectivity index (χ2v) is 5.64. The molecule has 3 aromatic rings. The van der Waals surface area contributed by atoms with Crippen LogP contribution in [0.1, 0.15) is 11.1 Å². The number of tetrazole rings is 1. The van der Waals surface area contributed by atoms with Crippen molar-refractivity contribution in [1.29, 1.82) is 0 Å². The third-order valence-electron chi connectivity index (χ3n) is 3.52. The highest BCUT2D eigenvalue weighted by molar-refractivity contribution is 5.51. The summed E-state index contributed by atoms with van der Waals surface area (Å²) in [7, 11) is 0. The van der Waals surface area contributed by atoms with Crippen molar-refractivity contribution >= 4 is 0 Å². The number of pyridine rings is 1. The van der Waals surface area contributed by atoms with Crippen LogP contribution in [0.15, 0.2) is 42.7 Å². The van der Waals surface area contributed by atoms with Crippen LogP contribution in [0.5, 0.6) is 5.75 Å². The molecule has 0 radical (unpaired) electrons. The first-order valence-electron chi connectivity index (χ1n) is 7.68. The molecule has 0 bridgehead atoms. The summed E-state index contributed by atoms with van der Waals surface area (Å²) in [5.41, 5.74) is 2.93. The first-order valence-corrected chi connectivity index (χ1v) is 7.68. The lowest BCUT2D eigenvalue weighted by atomic mass is 10.1. The van der Waals surface area contributed by atoms with Crippen molar-refractivity contribution in [3.63, 3.8) is 0 Å². The van der Waals surface area contributed by atoms with E-state index in [1.165, 1.54) is 4.80 Å². The Morgan fingerprint density at radius 1 is 1.25 bits per heavy atom. The second-order valence-electron chi connectivity index (χ2n) is 5.64. The molecule has 0 fully saturated rings. The molecule has 0 amide bonds. The number of aliphatic hydroxyl groups excluding tert-OH is 1. The molecule has 0 saturated heterocycles. The maximum absolute atomic E-state index is 10.1. The molecule has 0 saturated carbocycles. The summed E-state index contributed by atoms with van der Waals surface area (Å²) in [6.45, 7) is 4.34. The SMILES string of the molecule is Cc1ccc(C)c(OC[C@@H](O)Cn2nnc(-c3cccnc3)n2)c1. The lowest BCUT2D eigenvalue weighted by molar-refractivity contribution is 0.0846. The van der Waals surface area contributed by atoms with Crippen LogP contribution in [0.3, 0.4) is 0 Å². The van der Waals surface area contributed by atoms with E-state index in [-0.39, 0.29) is 13.2 Å². The second kappa shape index (κ2) is 7.18. The zero-order valence-electron chi connectivity index (χ0n) is 13.6. The molecule has 0 aliphatic carbocycles. The number of rotatable bonds is 6. The monoisotopic (exact) mass is 325 g/mol. The lowest BCUT2D eigenvalue weighted by Gasteiger charge is -2.13. The summed E-state index contributed by atoms with van der Waals surface area (Å²) in [6, 6.07) is 9.64. The third kappa shape index (κ3) is 3.94. The number of benzene rings is 1. The minimum Gasteiger partial charge on any atom is -0.491 e. The largest absolute Gasteiger partial charge is 0.491 e. The molecule has 0 aliphatic rings. The number of ether oxygens (including phenoxy) is 1. The van der Waals surface area contributed by atoms with Crippen molar-refractivity contribution in [3.05, 3.63) is 53.9 Å². The number of aromatic nitrogens is 5. The summed E-state index contributed by atoms with van der Waals surface area (Å²) in [5, 5.41) is 22.3. The molecule has 0 aliphatic heterocycles. The normalized spacial score (nSPS) is 12.1. The van der Waals surface area contributed by atoms with Gasteiger partial charge in [-0.25, -0.2) is 0 Å². The third-order valence-corrected chi connectivity index (χ3v) is 3.52. The zero-order valence-corrected chi connectivity index (χ0v) is 13.6. The topological polar surface area (TPSA) is 86.0 Å². The predicted octanol–water partition coefficient (Wildman–Crippen LogP) is 1.79. The Hall–Kier alpha value is -2.80. The lowest BCUT2D eigenvalue weighted by Crippen LogP contribution is -2.25. The van der Waals surface area contributed by atoms with E-state index in [9.17, 15) is 5.11 Å². The van der Waals surface area contributed by atoms with Gasteiger partial charge >= 0.3 is 0 Å². The molecule has 3 rings (SSSR count). The summed E-state index contributed by atoms with van der Waals surface area (Å²) in [6.07, 6.45) is 2.62. The Kier molecular flexibility index (Phi) is 4.81. The molecule has 124 valence electrons. The van der Waals surface area contributed by atoms with Crippen LogP contribution in [0.25, 0.3) is 11.4 Å². The molecule has 7 nitrogen and oxygen atoms in total. The molecule has 24 heavy (non-hydrogen) atoms. The van der Waals surface area contributed by atoms with Gasteiger partial charge in [-0.2, -0.15) is 4.80 Å². The van der Waals surface area contributed by atoms with Crippen molar-refractivity contribution < 1.29 is 9.84 Å². The van der Waals surface area contributed by atoms with Gasteiger partial charge in [-0.15, -0.1) is 10.2 Å². The van der Waals surface area contributed by atoms with E-state index in [0.29, 0.717) is 5.82 Å². The first kappa shape index (κ1) is 16.1. The number of nitrogens with zero attached hydrogens (tertiary/aromatic N) is 5. The molecule has 2 aromatic heterocycles. The fourth-order valence-corrected chi connectivity index (χ4v) is 2.22. The van der Waals surface area contributed by atoms with E-state index in [1.54, 1.807) is 12.4 Å². The van der Waals surface area contributed by atoms with Crippen LogP contribution in [-0.4, -0.2) is 43.0 Å². The highest BCUT2D eigenvalue weighted by atomic mass is 16.5. The summed E-state index contributed by atoms with van der Waals surface area (Å²) < 4.78 is 5.69. The average molecular weight is 325 g/mol. The molecule has 2 heterocycles. The Bertz CT molecular complexity index is 804. The fourth-order valence-electron chi connectivity index (χ4n) is 2.22. The Balaban J connectivity index is 1.58. The van der Waals surface area contributed by atoms with E-state index in [0.717, 1.165) is 22.4 Å². The van der Waals surface area contributed by atoms with E-state index in [1.807, 2.05) is 44.2 Å². The van der Waals surface area contributed by atoms with Crippen molar-refractivity contribution in [2.24, 2.45) is 0 Å². The molecule has 0 unspecified atom stereocenters. The molecule has 1 N–H and O–H groups in total. The van der Waals surface area contributed by atoms with Crippen molar-refractivity contribution in [1.82, 2.24) is 25.2 Å². The van der Waals surface area contributed by atoms with Crippen LogP contribution >= 0.6 is 0 Å². The molecule has 7 heteroatoms. The number of hydrogen-bond acceptors (Lipinski definition) is 6. The summed E-state index contributed by atoms with van der Waals surface area (Å²) in [4.78, 5) is 5.38. The Morgan fingerprint density at radius 2 is 2.12 bits per heavy atom. The first-order chi connectivity index (χ1) is 11.6. The molecule has 1 aromatic carbocycles. The van der Waals surface area contributed by atoms with Crippen LogP contribution in [0.4, 0.5) is 0 Å². The highest BCUT2D eigenvalue weighted by Crippen LogP contribution is 2.19. The summed E-state index contributed by atoms with van der Waals surface area (Å²) in [5.74, 6) is 1.25. The van der Waals surface area contributed by atoms with Crippen molar-refractivity contribution in [2.45, 2.75) is 26.5 Å².